The van der Waals surface area contributed by atoms with Crippen molar-refractivity contribution in [1.29, 1.82) is 0 Å². The molecule has 76 heavy (non-hydrogen) atoms. The van der Waals surface area contributed by atoms with Gasteiger partial charge in [-0.2, -0.15) is 0 Å². The maximum atomic E-state index is 9.10. The van der Waals surface area contributed by atoms with E-state index in [-0.39, 0.29) is 10.8 Å². The quantitative estimate of drug-likeness (QED) is 0.156. The fourth-order valence-corrected chi connectivity index (χ4v) is 13.1. The van der Waals surface area contributed by atoms with Crippen LogP contribution in [0.25, 0.3) is 127 Å². The van der Waals surface area contributed by atoms with Crippen LogP contribution < -0.4 is 0 Å². The molecule has 3 heterocycles. The average molecular weight is 973 g/mol. The number of hydrogen-bond donors (Lipinski definition) is 0. The van der Waals surface area contributed by atoms with Gasteiger partial charge in [0.25, 0.3) is 0 Å². The molecule has 0 saturated carbocycles. The van der Waals surface area contributed by atoms with Crippen molar-refractivity contribution in [2.24, 2.45) is 0 Å². The Hall–Kier alpha value is -9.70. The Balaban J connectivity index is 1.01. The molecule has 2 aliphatic carbocycles. The Morgan fingerprint density at radius 1 is 0.355 bits per heavy atom. The van der Waals surface area contributed by atoms with Gasteiger partial charge in [0.2, 0.25) is 5.69 Å². The van der Waals surface area contributed by atoms with Crippen molar-refractivity contribution in [3.63, 3.8) is 0 Å². The smallest absolute Gasteiger partial charge is 0.218 e. The zero-order valence-corrected chi connectivity index (χ0v) is 42.5. The van der Waals surface area contributed by atoms with E-state index in [0.717, 1.165) is 66.6 Å². The number of para-hydroxylation sites is 3. The third-order valence-corrected chi connectivity index (χ3v) is 16.6. The first-order valence-corrected chi connectivity index (χ1v) is 26.1. The first kappa shape index (κ1) is 43.8. The lowest BCUT2D eigenvalue weighted by Crippen LogP contribution is -2.14. The zero-order valence-electron chi connectivity index (χ0n) is 42.5. The molecule has 0 amide bonds. The molecule has 15 rings (SSSR count). The molecular formula is C70H48N6. The normalized spacial score (nSPS) is 13.7. The van der Waals surface area contributed by atoms with Crippen molar-refractivity contribution in [2.45, 2.75) is 38.5 Å². The second-order valence-corrected chi connectivity index (χ2v) is 21.4. The van der Waals surface area contributed by atoms with Crippen LogP contribution in [0.1, 0.15) is 49.9 Å². The number of nitrogens with zero attached hydrogens (tertiary/aromatic N) is 6. The van der Waals surface area contributed by atoms with Crippen LogP contribution in [0, 0.1) is 6.57 Å². The molecule has 0 aliphatic heterocycles. The molecular weight excluding hydrogens is 925 g/mol. The molecule has 0 unspecified atom stereocenters. The molecule has 13 aromatic rings. The molecule has 0 fully saturated rings. The van der Waals surface area contributed by atoms with Crippen LogP contribution in [-0.2, 0) is 10.8 Å². The lowest BCUT2D eigenvalue weighted by atomic mass is 9.82. The standard InChI is InChI=1S/C70H48N6/c1-69(2)51-30-16-12-25-46(51)61-53(69)37-39-57-63(61)48-27-14-18-32-55(48)75(57)59-34-20-29-45(65(59)71-5)44-35-36-50(68-73-66(42-21-8-6-9-22-42)72-67(74-68)43-23-10-7-11-24-43)60(41-44)76-56-33-19-15-28-49(56)64-58(76)40-38-54-62(64)47-26-13-17-31-52(47)70(54,3)4/h6-41H,1-4H3. The van der Waals surface area contributed by atoms with E-state index in [2.05, 4.69) is 199 Å². The van der Waals surface area contributed by atoms with Gasteiger partial charge in [-0.3, -0.25) is 0 Å². The van der Waals surface area contributed by atoms with Crippen LogP contribution in [0.2, 0.25) is 0 Å². The summed E-state index contributed by atoms with van der Waals surface area (Å²) in [5.41, 5.74) is 21.0. The van der Waals surface area contributed by atoms with Gasteiger partial charge in [-0.1, -0.05) is 204 Å². The van der Waals surface area contributed by atoms with Gasteiger partial charge in [0, 0.05) is 49.1 Å². The van der Waals surface area contributed by atoms with E-state index in [9.17, 15) is 0 Å². The van der Waals surface area contributed by atoms with Crippen molar-refractivity contribution >= 4 is 49.3 Å². The maximum Gasteiger partial charge on any atom is 0.218 e. The second kappa shape index (κ2) is 16.1. The Kier molecular flexibility index (Phi) is 9.32. The van der Waals surface area contributed by atoms with Crippen LogP contribution in [-0.4, -0.2) is 24.1 Å². The molecule has 0 spiro atoms. The van der Waals surface area contributed by atoms with Crippen molar-refractivity contribution in [1.82, 2.24) is 24.1 Å². The predicted octanol–water partition coefficient (Wildman–Crippen LogP) is 17.9. The molecule has 2 aliphatic rings. The summed E-state index contributed by atoms with van der Waals surface area (Å²) in [5, 5.41) is 4.75. The monoisotopic (exact) mass is 972 g/mol. The molecule has 0 saturated heterocycles. The highest BCUT2D eigenvalue weighted by Gasteiger charge is 2.39. The highest BCUT2D eigenvalue weighted by molar-refractivity contribution is 6.20. The number of rotatable bonds is 6. The van der Waals surface area contributed by atoms with Gasteiger partial charge in [0.05, 0.1) is 40.0 Å². The van der Waals surface area contributed by atoms with E-state index in [1.54, 1.807) is 0 Å². The Morgan fingerprint density at radius 3 is 1.36 bits per heavy atom. The lowest BCUT2D eigenvalue weighted by Gasteiger charge is -2.21. The summed E-state index contributed by atoms with van der Waals surface area (Å²) >= 11 is 0. The minimum absolute atomic E-state index is 0.153. The molecule has 0 radical (unpaired) electrons. The van der Waals surface area contributed by atoms with E-state index < -0.39 is 0 Å². The number of aromatic nitrogens is 5. The summed E-state index contributed by atoms with van der Waals surface area (Å²) in [6.07, 6.45) is 0. The second-order valence-electron chi connectivity index (χ2n) is 21.4. The van der Waals surface area contributed by atoms with Crippen LogP contribution in [0.5, 0.6) is 0 Å². The van der Waals surface area contributed by atoms with E-state index in [1.807, 2.05) is 60.7 Å². The van der Waals surface area contributed by atoms with Crippen molar-refractivity contribution in [2.75, 3.05) is 0 Å². The van der Waals surface area contributed by atoms with Gasteiger partial charge in [0.1, 0.15) is 0 Å². The first-order chi connectivity index (χ1) is 37.2. The summed E-state index contributed by atoms with van der Waals surface area (Å²) in [5.74, 6) is 1.73. The SMILES string of the molecule is [C-]#[N+]c1c(-c2ccc(-c3nc(-c4ccccc4)nc(-c4ccccc4)n3)c(-n3c4ccccc4c4c5c(ccc43)C(C)(C)c3ccccc3-5)c2)cccc1-n1c2ccccc2c2c3c(ccc21)C(C)(C)c1ccccc1-3. The zero-order chi connectivity index (χ0) is 51.0. The fraction of sp³-hybridized carbons (Fsp3) is 0.0857. The highest BCUT2D eigenvalue weighted by Crippen LogP contribution is 2.56. The average Bonchev–Trinajstić information content (AvgIpc) is 4.35. The molecule has 0 bridgehead atoms. The minimum atomic E-state index is -0.181. The van der Waals surface area contributed by atoms with Gasteiger partial charge >= 0.3 is 0 Å². The van der Waals surface area contributed by atoms with Gasteiger partial charge in [-0.15, -0.1) is 0 Å². The van der Waals surface area contributed by atoms with Crippen molar-refractivity contribution in [3.8, 4) is 78.9 Å². The van der Waals surface area contributed by atoms with Crippen molar-refractivity contribution in [3.05, 3.63) is 252 Å². The first-order valence-electron chi connectivity index (χ1n) is 26.1. The van der Waals surface area contributed by atoms with Gasteiger partial charge in [-0.25, -0.2) is 19.8 Å². The van der Waals surface area contributed by atoms with E-state index in [1.165, 1.54) is 60.7 Å². The third kappa shape index (κ3) is 6.11. The predicted molar refractivity (Wildman–Crippen MR) is 312 cm³/mol. The van der Waals surface area contributed by atoms with Crippen molar-refractivity contribution < 1.29 is 0 Å². The van der Waals surface area contributed by atoms with Crippen LogP contribution in [0.3, 0.4) is 0 Å². The molecule has 6 heteroatoms. The van der Waals surface area contributed by atoms with Gasteiger partial charge in [0.15, 0.2) is 17.5 Å². The fourth-order valence-electron chi connectivity index (χ4n) is 13.1. The Labute approximate surface area is 440 Å². The molecule has 0 atom stereocenters. The Bertz CT molecular complexity index is 4590. The molecule has 10 aromatic carbocycles. The van der Waals surface area contributed by atoms with E-state index >= 15 is 0 Å². The van der Waals surface area contributed by atoms with Gasteiger partial charge < -0.3 is 9.13 Å². The molecule has 3 aromatic heterocycles. The summed E-state index contributed by atoms with van der Waals surface area (Å²) in [6, 6.07) is 77.6. The van der Waals surface area contributed by atoms with Crippen LogP contribution in [0.4, 0.5) is 5.69 Å². The number of fused-ring (bicyclic) bond motifs is 14. The minimum Gasteiger partial charge on any atom is -0.319 e. The van der Waals surface area contributed by atoms with E-state index in [0.29, 0.717) is 23.2 Å². The Morgan fingerprint density at radius 2 is 0.816 bits per heavy atom. The van der Waals surface area contributed by atoms with Crippen LogP contribution >= 0.6 is 0 Å². The van der Waals surface area contributed by atoms with Gasteiger partial charge in [-0.05, 0) is 98.1 Å². The van der Waals surface area contributed by atoms with E-state index in [4.69, 9.17) is 21.5 Å². The summed E-state index contributed by atoms with van der Waals surface area (Å²) < 4.78 is 4.72. The largest absolute Gasteiger partial charge is 0.319 e. The number of benzene rings is 10. The summed E-state index contributed by atoms with van der Waals surface area (Å²) in [7, 11) is 0. The highest BCUT2D eigenvalue weighted by atomic mass is 15.1. The molecule has 0 N–H and O–H groups in total. The maximum absolute atomic E-state index is 9.10. The third-order valence-electron chi connectivity index (χ3n) is 16.6. The summed E-state index contributed by atoms with van der Waals surface area (Å²) in [6.45, 7) is 18.5. The molecule has 358 valence electrons. The summed E-state index contributed by atoms with van der Waals surface area (Å²) in [4.78, 5) is 20.3. The van der Waals surface area contributed by atoms with Crippen LogP contribution in [0.15, 0.2) is 218 Å². The lowest BCUT2D eigenvalue weighted by molar-refractivity contribution is 0.660. The number of hydrogen-bond acceptors (Lipinski definition) is 3. The molecule has 6 nitrogen and oxygen atoms in total. The topological polar surface area (TPSA) is 52.9 Å².